The minimum atomic E-state index is -1.39. The largest absolute Gasteiger partial charge is 0.465 e. The number of carbonyl (C=O) groups is 2. The van der Waals surface area contributed by atoms with Gasteiger partial charge in [-0.1, -0.05) is 13.0 Å². The maximum absolute atomic E-state index is 12.1. The van der Waals surface area contributed by atoms with Crippen molar-refractivity contribution in [3.05, 3.63) is 12.7 Å². The van der Waals surface area contributed by atoms with Crippen LogP contribution in [0.4, 0.5) is 0 Å². The van der Waals surface area contributed by atoms with Gasteiger partial charge >= 0.3 is 11.9 Å². The zero-order chi connectivity index (χ0) is 14.7. The van der Waals surface area contributed by atoms with Gasteiger partial charge in [0.15, 0.2) is 5.41 Å². The third kappa shape index (κ3) is 4.78. The molecule has 0 fully saturated rings. The van der Waals surface area contributed by atoms with Crippen molar-refractivity contribution in [3.63, 3.8) is 0 Å². The third-order valence-electron chi connectivity index (χ3n) is 2.52. The molecule has 0 unspecified atom stereocenters. The first kappa shape index (κ1) is 17.2. The molecule has 0 radical (unpaired) electrons. The van der Waals surface area contributed by atoms with Gasteiger partial charge in [-0.25, -0.2) is 0 Å². The zero-order valence-electron chi connectivity index (χ0n) is 12.0. The van der Waals surface area contributed by atoms with Crippen molar-refractivity contribution in [1.29, 1.82) is 0 Å². The number of esters is 2. The summed E-state index contributed by atoms with van der Waals surface area (Å²) in [5, 5.41) is 0. The van der Waals surface area contributed by atoms with E-state index in [1.54, 1.807) is 13.8 Å². The fourth-order valence-corrected chi connectivity index (χ4v) is 1.59. The van der Waals surface area contributed by atoms with Crippen LogP contribution in [0.1, 0.15) is 40.0 Å². The third-order valence-corrected chi connectivity index (χ3v) is 2.52. The van der Waals surface area contributed by atoms with Crippen LogP contribution in [0, 0.1) is 17.3 Å². The van der Waals surface area contributed by atoms with Gasteiger partial charge in [-0.15, -0.1) is 18.4 Å². The summed E-state index contributed by atoms with van der Waals surface area (Å²) in [5.41, 5.74) is -1.39. The lowest BCUT2D eigenvalue weighted by Crippen LogP contribution is -2.41. The number of rotatable bonds is 7. The molecule has 0 aliphatic rings. The van der Waals surface area contributed by atoms with Gasteiger partial charge in [0.25, 0.3) is 0 Å². The van der Waals surface area contributed by atoms with Crippen LogP contribution >= 0.6 is 0 Å². The Hall–Kier alpha value is -1.76. The minimum absolute atomic E-state index is 0.0878. The van der Waals surface area contributed by atoms with Gasteiger partial charge < -0.3 is 9.47 Å². The van der Waals surface area contributed by atoms with Gasteiger partial charge in [0.05, 0.1) is 13.2 Å². The Bertz CT molecular complexity index is 355. The molecule has 0 aliphatic heterocycles. The molecule has 0 aromatic heterocycles. The van der Waals surface area contributed by atoms with Crippen molar-refractivity contribution >= 4 is 11.9 Å². The van der Waals surface area contributed by atoms with Gasteiger partial charge in [0, 0.05) is 12.8 Å². The molecule has 0 spiro atoms. The topological polar surface area (TPSA) is 52.6 Å². The molecule has 4 nitrogen and oxygen atoms in total. The molecule has 0 bridgehead atoms. The molecule has 0 aliphatic carbocycles. The van der Waals surface area contributed by atoms with E-state index in [-0.39, 0.29) is 26.1 Å². The standard InChI is InChI=1S/C15H22O4/c1-5-9-10-12-15(11-6-2,13(16)18-7-3)14(17)19-8-4/h6H,2,5,7-8,11-12H2,1,3-4H3. The molecular weight excluding hydrogens is 244 g/mol. The molecule has 0 saturated carbocycles. The van der Waals surface area contributed by atoms with Crippen molar-refractivity contribution in [2.75, 3.05) is 13.2 Å². The predicted molar refractivity (Wildman–Crippen MR) is 73.2 cm³/mol. The number of carbonyl (C=O) groups excluding carboxylic acids is 2. The van der Waals surface area contributed by atoms with Crippen molar-refractivity contribution in [2.24, 2.45) is 5.41 Å². The average molecular weight is 266 g/mol. The summed E-state index contributed by atoms with van der Waals surface area (Å²) in [6.45, 7) is 9.30. The smallest absolute Gasteiger partial charge is 0.324 e. The maximum atomic E-state index is 12.1. The summed E-state index contributed by atoms with van der Waals surface area (Å²) in [7, 11) is 0. The van der Waals surface area contributed by atoms with E-state index in [0.29, 0.717) is 6.42 Å². The summed E-state index contributed by atoms with van der Waals surface area (Å²) in [6.07, 6.45) is 2.42. The van der Waals surface area contributed by atoms with Crippen LogP contribution in [-0.4, -0.2) is 25.2 Å². The molecule has 0 aromatic carbocycles. The van der Waals surface area contributed by atoms with Crippen LogP contribution < -0.4 is 0 Å². The molecule has 19 heavy (non-hydrogen) atoms. The summed E-state index contributed by atoms with van der Waals surface area (Å²) in [5.74, 6) is 4.50. The molecule has 4 heteroatoms. The van der Waals surface area contributed by atoms with E-state index < -0.39 is 17.4 Å². The number of allylic oxidation sites excluding steroid dienone is 1. The molecule has 0 rings (SSSR count). The summed E-state index contributed by atoms with van der Waals surface area (Å²) in [4.78, 5) is 24.3. The Morgan fingerprint density at radius 2 is 1.63 bits per heavy atom. The first-order valence-electron chi connectivity index (χ1n) is 6.50. The van der Waals surface area contributed by atoms with E-state index in [9.17, 15) is 9.59 Å². The van der Waals surface area contributed by atoms with Crippen molar-refractivity contribution in [2.45, 2.75) is 40.0 Å². The highest BCUT2D eigenvalue weighted by atomic mass is 16.6. The monoisotopic (exact) mass is 266 g/mol. The molecule has 0 saturated heterocycles. The van der Waals surface area contributed by atoms with Crippen LogP contribution in [0.2, 0.25) is 0 Å². The summed E-state index contributed by atoms with van der Waals surface area (Å²) >= 11 is 0. The minimum Gasteiger partial charge on any atom is -0.465 e. The molecular formula is C15H22O4. The second-order valence-corrected chi connectivity index (χ2v) is 3.90. The van der Waals surface area contributed by atoms with Gasteiger partial charge in [0.1, 0.15) is 0 Å². The zero-order valence-corrected chi connectivity index (χ0v) is 12.0. The Morgan fingerprint density at radius 3 is 2.00 bits per heavy atom. The summed E-state index contributed by atoms with van der Waals surface area (Å²) in [6, 6.07) is 0. The molecule has 106 valence electrons. The fourth-order valence-electron chi connectivity index (χ4n) is 1.59. The van der Waals surface area contributed by atoms with E-state index in [1.165, 1.54) is 6.08 Å². The van der Waals surface area contributed by atoms with E-state index in [1.807, 2.05) is 6.92 Å². The highest BCUT2D eigenvalue weighted by Crippen LogP contribution is 2.31. The predicted octanol–water partition coefficient (Wildman–Crippen LogP) is 2.48. The number of ether oxygens (including phenoxy) is 2. The second-order valence-electron chi connectivity index (χ2n) is 3.90. The van der Waals surface area contributed by atoms with Crippen LogP contribution in [0.3, 0.4) is 0 Å². The Morgan fingerprint density at radius 1 is 1.11 bits per heavy atom. The van der Waals surface area contributed by atoms with Gasteiger partial charge in [-0.05, 0) is 20.3 Å². The molecule has 0 heterocycles. The van der Waals surface area contributed by atoms with Gasteiger partial charge in [-0.2, -0.15) is 0 Å². The Kier molecular flexibility index (Phi) is 8.35. The maximum Gasteiger partial charge on any atom is 0.324 e. The lowest BCUT2D eigenvalue weighted by Gasteiger charge is -2.26. The van der Waals surface area contributed by atoms with E-state index in [0.717, 1.165) is 0 Å². The van der Waals surface area contributed by atoms with Crippen molar-refractivity contribution in [3.8, 4) is 11.8 Å². The van der Waals surface area contributed by atoms with Crippen molar-refractivity contribution < 1.29 is 19.1 Å². The highest BCUT2D eigenvalue weighted by Gasteiger charge is 2.47. The second kappa shape index (κ2) is 9.21. The number of hydrogen-bond donors (Lipinski definition) is 0. The highest BCUT2D eigenvalue weighted by molar-refractivity contribution is 6.00. The van der Waals surface area contributed by atoms with Gasteiger partial charge in [-0.3, -0.25) is 9.59 Å². The SMILES string of the molecule is C=CCC(CC#CCC)(C(=O)OCC)C(=O)OCC. The Labute approximate surface area is 115 Å². The average Bonchev–Trinajstić information content (AvgIpc) is 2.38. The van der Waals surface area contributed by atoms with Crippen LogP contribution in [-0.2, 0) is 19.1 Å². The van der Waals surface area contributed by atoms with Crippen molar-refractivity contribution in [1.82, 2.24) is 0 Å². The Balaban J connectivity index is 5.37. The fraction of sp³-hybridized carbons (Fsp3) is 0.600. The van der Waals surface area contributed by atoms with E-state index >= 15 is 0 Å². The van der Waals surface area contributed by atoms with Crippen LogP contribution in [0.15, 0.2) is 12.7 Å². The summed E-state index contributed by atoms with van der Waals surface area (Å²) < 4.78 is 10.0. The van der Waals surface area contributed by atoms with E-state index in [2.05, 4.69) is 18.4 Å². The van der Waals surface area contributed by atoms with Gasteiger partial charge in [0.2, 0.25) is 0 Å². The molecule has 0 N–H and O–H groups in total. The molecule has 0 aromatic rings. The quantitative estimate of drug-likeness (QED) is 0.307. The van der Waals surface area contributed by atoms with Crippen LogP contribution in [0.5, 0.6) is 0 Å². The van der Waals surface area contributed by atoms with E-state index in [4.69, 9.17) is 9.47 Å². The first-order valence-corrected chi connectivity index (χ1v) is 6.50. The lowest BCUT2D eigenvalue weighted by atomic mass is 9.81. The molecule has 0 atom stereocenters. The first-order chi connectivity index (χ1) is 9.08. The normalized spacial score (nSPS) is 10.1. The number of hydrogen-bond acceptors (Lipinski definition) is 4. The lowest BCUT2D eigenvalue weighted by molar-refractivity contribution is -0.171. The molecule has 0 amide bonds. The van der Waals surface area contributed by atoms with Crippen LogP contribution in [0.25, 0.3) is 0 Å².